The lowest BCUT2D eigenvalue weighted by Crippen LogP contribution is -2.21. The minimum atomic E-state index is -4.40. The third-order valence-corrected chi connectivity index (χ3v) is 6.74. The average Bonchev–Trinajstić information content (AvgIpc) is 2.87. The smallest absolute Gasteiger partial charge is 0.362 e. The van der Waals surface area contributed by atoms with Crippen molar-refractivity contribution >= 4 is 19.0 Å². The number of aliphatic hydroxyl groups is 2. The molecule has 0 heterocycles. The van der Waals surface area contributed by atoms with Crippen LogP contribution in [0.3, 0.4) is 0 Å². The number of rotatable bonds is 11. The zero-order valence-corrected chi connectivity index (χ0v) is 18.7. The molecule has 0 amide bonds. The monoisotopic (exact) mass is 480 g/mol. The van der Waals surface area contributed by atoms with Crippen LogP contribution in [0.1, 0.15) is 22.8 Å². The van der Waals surface area contributed by atoms with Crippen molar-refractivity contribution in [3.8, 4) is 0 Å². The van der Waals surface area contributed by atoms with Crippen molar-refractivity contribution in [2.75, 3.05) is 0 Å². The second-order valence-electron chi connectivity index (χ2n) is 6.99. The summed E-state index contributed by atoms with van der Waals surface area (Å²) in [6.45, 7) is -0.661. The quantitative estimate of drug-likeness (QED) is 0.137. The van der Waals surface area contributed by atoms with E-state index < -0.39 is 19.5 Å². The van der Waals surface area contributed by atoms with Gasteiger partial charge in [0.25, 0.3) is 0 Å². The van der Waals surface area contributed by atoms with Gasteiger partial charge >= 0.3 is 7.60 Å². The minimum absolute atomic E-state index is 0.253. The first-order chi connectivity index (χ1) is 16.5. The summed E-state index contributed by atoms with van der Waals surface area (Å²) in [5, 5.41) is 28.7. The van der Waals surface area contributed by atoms with E-state index in [0.29, 0.717) is 16.7 Å². The molecule has 12 heteroatoms. The molecular formula is C22H21N6O5P. The number of nitrogens with zero attached hydrogens (tertiary/aromatic N) is 6. The predicted molar refractivity (Wildman–Crippen MR) is 125 cm³/mol. The maximum absolute atomic E-state index is 13.8. The molecule has 0 aliphatic carbocycles. The standard InChI is InChI=1S/C22H21N6O5P/c23-27-25-19-12-6-4-10-17(19)14-32-34(31,22(30)21(29)16-8-2-1-3-9-16)33-15-18-11-5-7-13-20(18)26-28-24/h1-13,21-22,29-30H,14-15H2/t21-,22+/m0/s1. The highest BCUT2D eigenvalue weighted by Crippen LogP contribution is 2.57. The maximum atomic E-state index is 13.8. The van der Waals surface area contributed by atoms with Crippen LogP contribution in [0.25, 0.3) is 20.9 Å². The van der Waals surface area contributed by atoms with Crippen molar-refractivity contribution in [1.29, 1.82) is 0 Å². The van der Waals surface area contributed by atoms with Gasteiger partial charge < -0.3 is 19.3 Å². The normalized spacial score (nSPS) is 14.2. The SMILES string of the molecule is [N-]=[N+]=Nc1ccccc1COP(=O)(OCc1ccccc1N=[N+]=[N-])[C@@H](O)[C@@H](O)c1ccccc1. The minimum Gasteiger partial charge on any atom is -0.385 e. The Kier molecular flexibility index (Phi) is 8.81. The topological polar surface area (TPSA) is 174 Å². The largest absolute Gasteiger partial charge is 0.385 e. The Bertz CT molecular complexity index is 1190. The third-order valence-electron chi connectivity index (χ3n) is 4.84. The molecule has 3 aromatic carbocycles. The van der Waals surface area contributed by atoms with Crippen molar-refractivity contribution in [2.24, 2.45) is 10.2 Å². The lowest BCUT2D eigenvalue weighted by molar-refractivity contribution is 0.0360. The molecule has 0 aliphatic heterocycles. The van der Waals surface area contributed by atoms with Crippen LogP contribution in [0.5, 0.6) is 0 Å². The van der Waals surface area contributed by atoms with Gasteiger partial charge in [0.2, 0.25) is 0 Å². The summed E-state index contributed by atoms with van der Waals surface area (Å²) < 4.78 is 24.9. The van der Waals surface area contributed by atoms with E-state index in [-0.39, 0.29) is 24.6 Å². The first-order valence-electron chi connectivity index (χ1n) is 10.0. The van der Waals surface area contributed by atoms with E-state index in [0.717, 1.165) is 0 Å². The van der Waals surface area contributed by atoms with Gasteiger partial charge in [-0.3, -0.25) is 4.57 Å². The number of hydrogen-bond donors (Lipinski definition) is 2. The molecule has 0 aliphatic rings. The fourth-order valence-electron chi connectivity index (χ4n) is 3.06. The molecule has 0 spiro atoms. The fourth-order valence-corrected chi connectivity index (χ4v) is 4.60. The number of hydrogen-bond acceptors (Lipinski definition) is 7. The van der Waals surface area contributed by atoms with Crippen molar-refractivity contribution in [2.45, 2.75) is 25.2 Å². The van der Waals surface area contributed by atoms with Gasteiger partial charge in [0.05, 0.1) is 13.2 Å². The maximum Gasteiger partial charge on any atom is 0.362 e. The molecule has 0 unspecified atom stereocenters. The van der Waals surface area contributed by atoms with Gasteiger partial charge in [-0.2, -0.15) is 0 Å². The van der Waals surface area contributed by atoms with Gasteiger partial charge in [-0.05, 0) is 27.8 Å². The van der Waals surface area contributed by atoms with Crippen LogP contribution in [0.4, 0.5) is 11.4 Å². The summed E-state index contributed by atoms with van der Waals surface area (Å²) in [4.78, 5) is 5.51. The molecule has 0 aromatic heterocycles. The molecule has 3 rings (SSSR count). The van der Waals surface area contributed by atoms with E-state index in [9.17, 15) is 14.8 Å². The Morgan fingerprint density at radius 3 is 1.68 bits per heavy atom. The first kappa shape index (κ1) is 25.0. The van der Waals surface area contributed by atoms with Gasteiger partial charge in [0, 0.05) is 21.2 Å². The second-order valence-corrected chi connectivity index (χ2v) is 9.12. The summed E-state index contributed by atoms with van der Waals surface area (Å²) in [6, 6.07) is 21.1. The third kappa shape index (κ3) is 6.23. The van der Waals surface area contributed by atoms with Crippen molar-refractivity contribution in [1.82, 2.24) is 0 Å². The molecule has 0 saturated carbocycles. The second kappa shape index (κ2) is 12.0. The number of benzene rings is 3. The van der Waals surface area contributed by atoms with Crippen molar-refractivity contribution < 1.29 is 23.8 Å². The number of aliphatic hydroxyl groups excluding tert-OH is 2. The zero-order chi connectivity index (χ0) is 24.4. The summed E-state index contributed by atoms with van der Waals surface area (Å²) in [5.41, 5.74) is 19.2. The molecule has 34 heavy (non-hydrogen) atoms. The van der Waals surface area contributed by atoms with Crippen LogP contribution in [0, 0.1) is 0 Å². The first-order valence-corrected chi connectivity index (χ1v) is 11.7. The fraction of sp³-hybridized carbons (Fsp3) is 0.182. The van der Waals surface area contributed by atoms with Crippen LogP contribution >= 0.6 is 7.60 Å². The summed E-state index contributed by atoms with van der Waals surface area (Å²) >= 11 is 0. The lowest BCUT2D eigenvalue weighted by atomic mass is 10.1. The van der Waals surface area contributed by atoms with Crippen LogP contribution in [-0.2, 0) is 26.8 Å². The predicted octanol–water partition coefficient (Wildman–Crippen LogP) is 6.55. The Morgan fingerprint density at radius 1 is 0.765 bits per heavy atom. The van der Waals surface area contributed by atoms with Gasteiger partial charge in [-0.25, -0.2) is 0 Å². The Labute approximate surface area is 195 Å². The molecule has 174 valence electrons. The summed E-state index contributed by atoms with van der Waals surface area (Å²) in [7, 11) is -4.40. The van der Waals surface area contributed by atoms with E-state index >= 15 is 0 Å². The van der Waals surface area contributed by atoms with Crippen LogP contribution in [0.15, 0.2) is 89.1 Å². The summed E-state index contributed by atoms with van der Waals surface area (Å²) in [6.07, 6.45) is -1.58. The molecule has 0 saturated heterocycles. The molecule has 2 atom stereocenters. The van der Waals surface area contributed by atoms with Gasteiger partial charge in [-0.1, -0.05) is 89.1 Å². The Balaban J connectivity index is 1.90. The molecule has 0 bridgehead atoms. The van der Waals surface area contributed by atoms with Crippen LogP contribution < -0.4 is 0 Å². The molecule has 2 N–H and O–H groups in total. The van der Waals surface area contributed by atoms with Crippen LogP contribution in [-0.4, -0.2) is 16.1 Å². The molecule has 3 aromatic rings. The lowest BCUT2D eigenvalue weighted by Gasteiger charge is -2.27. The number of azide groups is 2. The van der Waals surface area contributed by atoms with E-state index in [2.05, 4.69) is 20.1 Å². The van der Waals surface area contributed by atoms with E-state index in [1.54, 1.807) is 78.9 Å². The van der Waals surface area contributed by atoms with Crippen LogP contribution in [0.2, 0.25) is 0 Å². The van der Waals surface area contributed by atoms with E-state index in [1.165, 1.54) is 0 Å². The zero-order valence-electron chi connectivity index (χ0n) is 17.8. The Morgan fingerprint density at radius 2 is 1.21 bits per heavy atom. The molecule has 0 radical (unpaired) electrons. The van der Waals surface area contributed by atoms with Gasteiger partial charge in [-0.15, -0.1) is 0 Å². The average molecular weight is 480 g/mol. The summed E-state index contributed by atoms with van der Waals surface area (Å²) in [5.74, 6) is -1.94. The van der Waals surface area contributed by atoms with Gasteiger partial charge in [0.1, 0.15) is 6.10 Å². The van der Waals surface area contributed by atoms with Gasteiger partial charge in [0.15, 0.2) is 5.85 Å². The Hall–Kier alpha value is -3.65. The van der Waals surface area contributed by atoms with E-state index in [4.69, 9.17) is 20.1 Å². The highest BCUT2D eigenvalue weighted by Gasteiger charge is 2.41. The molecule has 11 nitrogen and oxygen atoms in total. The van der Waals surface area contributed by atoms with Crippen molar-refractivity contribution in [3.05, 3.63) is 116 Å². The van der Waals surface area contributed by atoms with Crippen molar-refractivity contribution in [3.63, 3.8) is 0 Å². The van der Waals surface area contributed by atoms with E-state index in [1.807, 2.05) is 0 Å². The highest BCUT2D eigenvalue weighted by atomic mass is 31.2. The molecular weight excluding hydrogens is 459 g/mol. The molecule has 0 fully saturated rings. The highest BCUT2D eigenvalue weighted by molar-refractivity contribution is 7.54.